The highest BCUT2D eigenvalue weighted by molar-refractivity contribution is 7.92. The van der Waals surface area contributed by atoms with Gasteiger partial charge in [0.2, 0.25) is 0 Å². The average molecular weight is 266 g/mol. The fourth-order valence-electron chi connectivity index (χ4n) is 1.55. The molecule has 7 heteroatoms. The third-order valence-corrected chi connectivity index (χ3v) is 3.83. The number of sulfonamides is 1. The quantitative estimate of drug-likeness (QED) is 0.814. The molecule has 1 aromatic heterocycles. The minimum absolute atomic E-state index is 0.167. The molecule has 1 aromatic carbocycles. The number of nitrogens with one attached hydrogen (secondary N) is 1. The number of hydrogen-bond donors (Lipinski definition) is 2. The Bertz CT molecular complexity index is 659. The zero-order valence-electron chi connectivity index (χ0n) is 10.1. The summed E-state index contributed by atoms with van der Waals surface area (Å²) in [6.45, 7) is 1.74. The molecule has 0 radical (unpaired) electrons. The van der Waals surface area contributed by atoms with Gasteiger partial charge in [-0.15, -0.1) is 0 Å². The summed E-state index contributed by atoms with van der Waals surface area (Å²) in [7, 11) is -1.87. The molecule has 0 atom stereocenters. The van der Waals surface area contributed by atoms with Crippen LogP contribution in [-0.2, 0) is 17.1 Å². The zero-order chi connectivity index (χ0) is 13.3. The lowest BCUT2D eigenvalue weighted by Crippen LogP contribution is -2.13. The number of anilines is 2. The molecule has 18 heavy (non-hydrogen) atoms. The first-order valence-corrected chi connectivity index (χ1v) is 6.75. The molecule has 2 aromatic rings. The Morgan fingerprint density at radius 1 is 1.28 bits per heavy atom. The number of nitrogens with two attached hydrogens (primary N) is 1. The van der Waals surface area contributed by atoms with E-state index in [0.29, 0.717) is 17.1 Å². The van der Waals surface area contributed by atoms with Gasteiger partial charge >= 0.3 is 0 Å². The number of hydrogen-bond acceptors (Lipinski definition) is 4. The van der Waals surface area contributed by atoms with Crippen molar-refractivity contribution in [3.63, 3.8) is 0 Å². The molecule has 2 rings (SSSR count). The number of nitrogens with zero attached hydrogens (tertiary/aromatic N) is 2. The van der Waals surface area contributed by atoms with Gasteiger partial charge in [-0.2, -0.15) is 5.10 Å². The summed E-state index contributed by atoms with van der Waals surface area (Å²) in [6, 6.07) is 6.02. The van der Waals surface area contributed by atoms with Gasteiger partial charge in [0.15, 0.2) is 0 Å². The molecule has 0 aliphatic carbocycles. The molecule has 0 bridgehead atoms. The van der Waals surface area contributed by atoms with Crippen LogP contribution in [0.5, 0.6) is 0 Å². The van der Waals surface area contributed by atoms with Crippen LogP contribution in [0.3, 0.4) is 0 Å². The lowest BCUT2D eigenvalue weighted by Gasteiger charge is -2.06. The van der Waals surface area contributed by atoms with Crippen molar-refractivity contribution in [2.45, 2.75) is 11.8 Å². The van der Waals surface area contributed by atoms with Crippen LogP contribution < -0.4 is 10.5 Å². The lowest BCUT2D eigenvalue weighted by atomic mass is 10.3. The largest absolute Gasteiger partial charge is 0.399 e. The predicted octanol–water partition coefficient (Wildman–Crippen LogP) is 1.11. The minimum Gasteiger partial charge on any atom is -0.399 e. The Labute approximate surface area is 105 Å². The summed E-state index contributed by atoms with van der Waals surface area (Å²) in [6.07, 6.45) is 1.62. The third-order valence-electron chi connectivity index (χ3n) is 2.45. The average Bonchev–Trinajstić information content (AvgIpc) is 2.57. The molecule has 0 aliphatic heterocycles. The molecule has 0 spiro atoms. The van der Waals surface area contributed by atoms with Gasteiger partial charge in [-0.05, 0) is 31.2 Å². The monoisotopic (exact) mass is 266 g/mol. The summed E-state index contributed by atoms with van der Waals surface area (Å²) < 4.78 is 28.2. The molecule has 6 nitrogen and oxygen atoms in total. The van der Waals surface area contributed by atoms with Gasteiger partial charge in [0.1, 0.15) is 0 Å². The van der Waals surface area contributed by atoms with Crippen LogP contribution in [0, 0.1) is 6.92 Å². The molecule has 0 aliphatic rings. The molecule has 0 saturated heterocycles. The molecule has 0 fully saturated rings. The molecule has 3 N–H and O–H groups in total. The minimum atomic E-state index is -3.60. The van der Waals surface area contributed by atoms with Crippen molar-refractivity contribution in [3.05, 3.63) is 36.2 Å². The second-order valence-corrected chi connectivity index (χ2v) is 5.66. The Hall–Kier alpha value is -2.02. The maximum absolute atomic E-state index is 12.1. The Morgan fingerprint density at radius 2 is 1.89 bits per heavy atom. The van der Waals surface area contributed by atoms with Crippen molar-refractivity contribution in [2.24, 2.45) is 7.05 Å². The third kappa shape index (κ3) is 2.45. The van der Waals surface area contributed by atoms with Gasteiger partial charge in [0, 0.05) is 18.9 Å². The molecule has 0 saturated carbocycles. The number of benzene rings is 1. The second-order valence-electron chi connectivity index (χ2n) is 3.98. The second kappa shape index (κ2) is 4.34. The van der Waals surface area contributed by atoms with Gasteiger partial charge in [-0.3, -0.25) is 9.40 Å². The van der Waals surface area contributed by atoms with Crippen LogP contribution in [0.1, 0.15) is 5.69 Å². The highest BCUT2D eigenvalue weighted by Crippen LogP contribution is 2.19. The van der Waals surface area contributed by atoms with E-state index in [-0.39, 0.29) is 4.90 Å². The Balaban J connectivity index is 2.33. The number of nitrogen functional groups attached to an aromatic ring is 1. The SMILES string of the molecule is Cc1nn(C)cc1NS(=O)(=O)c1ccc(N)cc1. The fraction of sp³-hybridized carbons (Fsp3) is 0.182. The molecule has 96 valence electrons. The summed E-state index contributed by atoms with van der Waals surface area (Å²) in [5.74, 6) is 0. The van der Waals surface area contributed by atoms with E-state index in [9.17, 15) is 8.42 Å². The maximum Gasteiger partial charge on any atom is 0.262 e. The highest BCUT2D eigenvalue weighted by atomic mass is 32.2. The molecular weight excluding hydrogens is 252 g/mol. The van der Waals surface area contributed by atoms with E-state index >= 15 is 0 Å². The van der Waals surface area contributed by atoms with Gasteiger partial charge < -0.3 is 5.73 Å². The van der Waals surface area contributed by atoms with Crippen LogP contribution in [0.15, 0.2) is 35.4 Å². The van der Waals surface area contributed by atoms with E-state index < -0.39 is 10.0 Å². The maximum atomic E-state index is 12.1. The zero-order valence-corrected chi connectivity index (χ0v) is 10.9. The van der Waals surface area contributed by atoms with Gasteiger partial charge in [-0.25, -0.2) is 8.42 Å². The van der Waals surface area contributed by atoms with Crippen molar-refractivity contribution in [2.75, 3.05) is 10.5 Å². The normalized spacial score (nSPS) is 11.4. The van der Waals surface area contributed by atoms with Gasteiger partial charge in [0.05, 0.1) is 16.3 Å². The van der Waals surface area contributed by atoms with Crippen LogP contribution in [0.25, 0.3) is 0 Å². The van der Waals surface area contributed by atoms with Crippen LogP contribution in [-0.4, -0.2) is 18.2 Å². The van der Waals surface area contributed by atoms with Crippen LogP contribution in [0.4, 0.5) is 11.4 Å². The number of rotatable bonds is 3. The molecule has 1 heterocycles. The van der Waals surface area contributed by atoms with E-state index in [0.717, 1.165) is 0 Å². The summed E-state index contributed by atoms with van der Waals surface area (Å²) in [5.41, 5.74) is 7.13. The van der Waals surface area contributed by atoms with Crippen molar-refractivity contribution in [1.82, 2.24) is 9.78 Å². The Kier molecular flexibility index (Phi) is 3.00. The lowest BCUT2D eigenvalue weighted by molar-refractivity contribution is 0.601. The first-order chi connectivity index (χ1) is 8.38. The van der Waals surface area contributed by atoms with Gasteiger partial charge in [-0.1, -0.05) is 0 Å². The van der Waals surface area contributed by atoms with Crippen molar-refractivity contribution in [3.8, 4) is 0 Å². The fourth-order valence-corrected chi connectivity index (χ4v) is 2.65. The van der Waals surface area contributed by atoms with E-state index in [2.05, 4.69) is 9.82 Å². The van der Waals surface area contributed by atoms with Crippen molar-refractivity contribution < 1.29 is 8.42 Å². The highest BCUT2D eigenvalue weighted by Gasteiger charge is 2.16. The predicted molar refractivity (Wildman–Crippen MR) is 69.6 cm³/mol. The molecule has 0 unspecified atom stereocenters. The van der Waals surface area contributed by atoms with Crippen molar-refractivity contribution >= 4 is 21.4 Å². The van der Waals surface area contributed by atoms with Crippen LogP contribution in [0.2, 0.25) is 0 Å². The number of aromatic nitrogens is 2. The first-order valence-electron chi connectivity index (χ1n) is 5.27. The van der Waals surface area contributed by atoms with E-state index in [1.807, 2.05) is 0 Å². The standard InChI is InChI=1S/C11H14N4O2S/c1-8-11(7-15(2)13-8)14-18(16,17)10-5-3-9(12)4-6-10/h3-7,14H,12H2,1-2H3. The summed E-state index contributed by atoms with van der Waals surface area (Å²) >= 11 is 0. The number of aryl methyl sites for hydroxylation is 2. The first kappa shape index (κ1) is 12.4. The van der Waals surface area contributed by atoms with Crippen molar-refractivity contribution in [1.29, 1.82) is 0 Å². The topological polar surface area (TPSA) is 90.0 Å². The van der Waals surface area contributed by atoms with Crippen LogP contribution >= 0.6 is 0 Å². The van der Waals surface area contributed by atoms with Gasteiger partial charge in [0.25, 0.3) is 10.0 Å². The van der Waals surface area contributed by atoms with E-state index in [1.165, 1.54) is 12.1 Å². The van der Waals surface area contributed by atoms with E-state index in [1.54, 1.807) is 37.0 Å². The Morgan fingerprint density at radius 3 is 2.39 bits per heavy atom. The summed E-state index contributed by atoms with van der Waals surface area (Å²) in [4.78, 5) is 0.167. The molecular formula is C11H14N4O2S. The smallest absolute Gasteiger partial charge is 0.262 e. The summed E-state index contributed by atoms with van der Waals surface area (Å²) in [5, 5.41) is 4.07. The van der Waals surface area contributed by atoms with E-state index in [4.69, 9.17) is 5.73 Å². The molecule has 0 amide bonds.